The Balaban J connectivity index is 1.62. The van der Waals surface area contributed by atoms with E-state index in [4.69, 9.17) is 4.18 Å². The number of phenolic OH excluding ortho intramolecular Hbond substituents is 2. The van der Waals surface area contributed by atoms with Crippen molar-refractivity contribution < 1.29 is 27.0 Å². The Kier molecular flexibility index (Phi) is 5.06. The summed E-state index contributed by atoms with van der Waals surface area (Å²) < 4.78 is 45.2. The number of benzene rings is 3. The van der Waals surface area contributed by atoms with Crippen LogP contribution in [0, 0.1) is 0 Å². The van der Waals surface area contributed by atoms with Crippen LogP contribution in [0.3, 0.4) is 0 Å². The molecule has 32 heavy (non-hydrogen) atoms. The van der Waals surface area contributed by atoms with Gasteiger partial charge in [0.25, 0.3) is 0 Å². The van der Waals surface area contributed by atoms with Crippen molar-refractivity contribution in [1.29, 1.82) is 0 Å². The van der Waals surface area contributed by atoms with E-state index in [9.17, 15) is 22.8 Å². The van der Waals surface area contributed by atoms with Crippen LogP contribution in [0.1, 0.15) is 17.5 Å². The van der Waals surface area contributed by atoms with Gasteiger partial charge in [0.05, 0.1) is 10.5 Å². The minimum atomic E-state index is -4.05. The number of rotatable bonds is 5. The van der Waals surface area contributed by atoms with E-state index in [1.165, 1.54) is 12.1 Å². The van der Waals surface area contributed by atoms with Gasteiger partial charge >= 0.3 is 10.1 Å². The molecule has 2 bridgehead atoms. The molecule has 6 nitrogen and oxygen atoms in total. The van der Waals surface area contributed by atoms with E-state index in [0.29, 0.717) is 11.1 Å². The van der Waals surface area contributed by atoms with Crippen LogP contribution in [0.25, 0.3) is 11.1 Å². The van der Waals surface area contributed by atoms with Gasteiger partial charge in [-0.15, -0.1) is 0 Å². The fraction of sp³-hybridized carbons (Fsp3) is 0.167. The summed E-state index contributed by atoms with van der Waals surface area (Å²) in [6.45, 7) is 0. The minimum Gasteiger partial charge on any atom is -0.508 e. The van der Waals surface area contributed by atoms with E-state index in [1.54, 1.807) is 66.7 Å². The van der Waals surface area contributed by atoms with Crippen LogP contribution in [0.2, 0.25) is 0 Å². The van der Waals surface area contributed by atoms with Crippen molar-refractivity contribution >= 4 is 32.1 Å². The Hall–Kier alpha value is -3.10. The second kappa shape index (κ2) is 7.79. The molecule has 0 aliphatic carbocycles. The molecule has 2 N–H and O–H groups in total. The molecule has 2 aliphatic heterocycles. The molecule has 0 radical (unpaired) electrons. The highest BCUT2D eigenvalue weighted by Gasteiger charge is 2.57. The SMILES string of the molecule is O=S1C2CC(S(=O)(=O)Oc3ccccc3)C1C(c1ccc(O)cc1)=C2c1ccc(O)cc1. The van der Waals surface area contributed by atoms with E-state index in [0.717, 1.165) is 11.1 Å². The zero-order chi connectivity index (χ0) is 22.5. The van der Waals surface area contributed by atoms with Crippen molar-refractivity contribution in [2.24, 2.45) is 0 Å². The second-order valence-electron chi connectivity index (χ2n) is 7.82. The first-order valence-corrected chi connectivity index (χ1v) is 12.8. The zero-order valence-electron chi connectivity index (χ0n) is 16.8. The number of fused-ring (bicyclic) bond motifs is 2. The van der Waals surface area contributed by atoms with Crippen molar-refractivity contribution in [3.05, 3.63) is 90.0 Å². The molecule has 0 aromatic heterocycles. The predicted octanol–water partition coefficient (Wildman–Crippen LogP) is 3.69. The lowest BCUT2D eigenvalue weighted by Gasteiger charge is -2.25. The Morgan fingerprint density at radius 1 is 0.781 bits per heavy atom. The molecule has 3 aromatic carbocycles. The van der Waals surface area contributed by atoms with Crippen LogP contribution in [0.5, 0.6) is 17.2 Å². The summed E-state index contributed by atoms with van der Waals surface area (Å²) in [6.07, 6.45) is 0.185. The third-order valence-electron chi connectivity index (χ3n) is 5.89. The number of aromatic hydroxyl groups is 2. The molecule has 0 spiro atoms. The maximum Gasteiger partial charge on any atom is 0.313 e. The first-order valence-electron chi connectivity index (χ1n) is 10.1. The normalized spacial score (nSPS) is 24.6. The Morgan fingerprint density at radius 2 is 1.31 bits per heavy atom. The molecule has 1 saturated heterocycles. The van der Waals surface area contributed by atoms with Crippen LogP contribution in [-0.4, -0.2) is 38.6 Å². The summed E-state index contributed by atoms with van der Waals surface area (Å²) in [5.41, 5.74) is 2.97. The lowest BCUT2D eigenvalue weighted by atomic mass is 9.83. The fourth-order valence-corrected chi connectivity index (χ4v) is 8.88. The topological polar surface area (TPSA) is 101 Å². The van der Waals surface area contributed by atoms with Crippen molar-refractivity contribution in [2.75, 3.05) is 0 Å². The fourth-order valence-electron chi connectivity index (χ4n) is 4.50. The summed E-state index contributed by atoms with van der Waals surface area (Å²) in [7, 11) is -5.52. The van der Waals surface area contributed by atoms with Crippen molar-refractivity contribution in [1.82, 2.24) is 0 Å². The maximum atomic E-state index is 13.4. The molecule has 4 atom stereocenters. The average Bonchev–Trinajstić information content (AvgIpc) is 3.26. The van der Waals surface area contributed by atoms with Crippen LogP contribution in [-0.2, 0) is 20.9 Å². The highest BCUT2D eigenvalue weighted by atomic mass is 32.2. The van der Waals surface area contributed by atoms with Gasteiger partial charge < -0.3 is 14.4 Å². The second-order valence-corrected chi connectivity index (χ2v) is 11.3. The first kappa shape index (κ1) is 20.8. The largest absolute Gasteiger partial charge is 0.508 e. The van der Waals surface area contributed by atoms with E-state index in [2.05, 4.69) is 0 Å². The molecular weight excluding hydrogens is 448 g/mol. The molecule has 3 aromatic rings. The third kappa shape index (κ3) is 3.49. The molecule has 4 unspecified atom stereocenters. The molecule has 0 amide bonds. The van der Waals surface area contributed by atoms with Crippen LogP contribution in [0.15, 0.2) is 78.9 Å². The van der Waals surface area contributed by atoms with Gasteiger partial charge in [-0.3, -0.25) is 4.21 Å². The quantitative estimate of drug-likeness (QED) is 0.554. The first-order chi connectivity index (χ1) is 15.3. The van der Waals surface area contributed by atoms with Gasteiger partial charge in [0, 0.05) is 10.8 Å². The van der Waals surface area contributed by atoms with Gasteiger partial charge in [0.2, 0.25) is 0 Å². The minimum absolute atomic E-state index is 0.0846. The van der Waals surface area contributed by atoms with E-state index >= 15 is 0 Å². The molecule has 8 heteroatoms. The van der Waals surface area contributed by atoms with Gasteiger partial charge in [-0.2, -0.15) is 8.42 Å². The highest BCUT2D eigenvalue weighted by Crippen LogP contribution is 2.53. The maximum absolute atomic E-state index is 13.4. The van der Waals surface area contributed by atoms with E-state index < -0.39 is 36.7 Å². The Morgan fingerprint density at radius 3 is 1.88 bits per heavy atom. The standard InChI is InChI=1S/C24H20O6S2/c25-17-10-6-15(7-11-17)22-20-14-21(32(28,29)30-19-4-2-1-3-5-19)24(31(20)27)23(22)16-8-12-18(26)13-9-16/h1-13,20-21,24-26H,14H2. The summed E-state index contributed by atoms with van der Waals surface area (Å²) in [4.78, 5) is 0. The van der Waals surface area contributed by atoms with Crippen molar-refractivity contribution in [2.45, 2.75) is 22.2 Å². The summed E-state index contributed by atoms with van der Waals surface area (Å²) >= 11 is 0. The molecule has 2 aliphatic rings. The monoisotopic (exact) mass is 468 g/mol. The Bertz CT molecular complexity index is 1310. The summed E-state index contributed by atoms with van der Waals surface area (Å²) in [5, 5.41) is 17.2. The zero-order valence-corrected chi connectivity index (χ0v) is 18.4. The molecule has 164 valence electrons. The highest BCUT2D eigenvalue weighted by molar-refractivity contribution is 7.92. The van der Waals surface area contributed by atoms with Gasteiger partial charge in [0.15, 0.2) is 0 Å². The molecule has 5 rings (SSSR count). The predicted molar refractivity (Wildman–Crippen MR) is 123 cm³/mol. The van der Waals surface area contributed by atoms with Crippen molar-refractivity contribution in [3.63, 3.8) is 0 Å². The number of phenols is 2. The summed E-state index contributed by atoms with van der Waals surface area (Å²) in [5.74, 6) is 0.415. The van der Waals surface area contributed by atoms with Crippen LogP contribution < -0.4 is 4.18 Å². The van der Waals surface area contributed by atoms with Gasteiger partial charge in [-0.05, 0) is 65.1 Å². The van der Waals surface area contributed by atoms with Crippen LogP contribution >= 0.6 is 0 Å². The molecule has 1 fully saturated rings. The number of para-hydroxylation sites is 1. The average molecular weight is 469 g/mol. The molecular formula is C24H20O6S2. The van der Waals surface area contributed by atoms with Gasteiger partial charge in [-0.25, -0.2) is 0 Å². The van der Waals surface area contributed by atoms with E-state index in [1.807, 2.05) is 0 Å². The Labute approximate surface area is 188 Å². The van der Waals surface area contributed by atoms with Crippen LogP contribution in [0.4, 0.5) is 0 Å². The van der Waals surface area contributed by atoms with E-state index in [-0.39, 0.29) is 23.7 Å². The number of hydrogen-bond donors (Lipinski definition) is 2. The number of hydrogen-bond acceptors (Lipinski definition) is 6. The van der Waals surface area contributed by atoms with Crippen molar-refractivity contribution in [3.8, 4) is 17.2 Å². The third-order valence-corrected chi connectivity index (χ3v) is 9.75. The van der Waals surface area contributed by atoms with Gasteiger partial charge in [-0.1, -0.05) is 42.5 Å². The lowest BCUT2D eigenvalue weighted by molar-refractivity contribution is 0.469. The smallest absolute Gasteiger partial charge is 0.313 e. The molecule has 2 heterocycles. The lowest BCUT2D eigenvalue weighted by Crippen LogP contribution is -2.35. The molecule has 0 saturated carbocycles. The summed E-state index contributed by atoms with van der Waals surface area (Å²) in [6, 6.07) is 21.3. The van der Waals surface area contributed by atoms with Gasteiger partial charge in [0.1, 0.15) is 22.5 Å².